The topological polar surface area (TPSA) is 56.3 Å². The van der Waals surface area contributed by atoms with E-state index in [0.29, 0.717) is 0 Å². The molecule has 1 heterocycles. The third-order valence-corrected chi connectivity index (χ3v) is 10.5. The van der Waals surface area contributed by atoms with Gasteiger partial charge in [0.2, 0.25) is 0 Å². The van der Waals surface area contributed by atoms with Gasteiger partial charge in [0, 0.05) is 0 Å². The fourth-order valence-corrected chi connectivity index (χ4v) is 8.87. The zero-order chi connectivity index (χ0) is 17.9. The second-order valence-corrected chi connectivity index (χ2v) is 11.0. The van der Waals surface area contributed by atoms with Crippen molar-refractivity contribution in [3.63, 3.8) is 0 Å². The molecule has 8 heteroatoms. The fraction of sp³-hybridized carbons (Fsp3) is 0. The molecule has 0 spiro atoms. The van der Waals surface area contributed by atoms with Crippen molar-refractivity contribution >= 4 is 30.4 Å². The molecule has 2 aromatic carbocycles. The van der Waals surface area contributed by atoms with E-state index in [1.807, 2.05) is 0 Å². The molecule has 0 bridgehead atoms. The van der Waals surface area contributed by atoms with Crippen LogP contribution in [-0.4, -0.2) is 13.4 Å². The minimum absolute atomic E-state index is 0.0660. The molecule has 0 aliphatic heterocycles. The van der Waals surface area contributed by atoms with Crippen LogP contribution in [0.15, 0.2) is 78.0 Å². The second kappa shape index (κ2) is 7.54. The number of aromatic nitrogens is 1. The molecule has 0 amide bonds. The van der Waals surface area contributed by atoms with E-state index in [4.69, 9.17) is 2.51 Å². The Hall–Kier alpha value is -1.91. The van der Waals surface area contributed by atoms with Gasteiger partial charge in [-0.25, -0.2) is 0 Å². The summed E-state index contributed by atoms with van der Waals surface area (Å²) in [7, 11) is -4.26. The number of rotatable bonds is 5. The Balaban J connectivity index is 2.10. The maximum atomic E-state index is 14.3. The number of nitrogens with zero attached hydrogens (tertiary/aromatic N) is 1. The van der Waals surface area contributed by atoms with Crippen LogP contribution in [0.25, 0.3) is 0 Å². The summed E-state index contributed by atoms with van der Waals surface area (Å²) in [5.41, 5.74) is 0. The quantitative estimate of drug-likeness (QED) is 0.519. The van der Waals surface area contributed by atoms with Crippen molar-refractivity contribution in [1.29, 1.82) is 0 Å². The first-order valence-electron chi connectivity index (χ1n) is 7.04. The van der Waals surface area contributed by atoms with Gasteiger partial charge in [0.15, 0.2) is 0 Å². The predicted octanol–water partition coefficient (Wildman–Crippen LogP) is 4.23. The molecule has 0 fully saturated rings. The van der Waals surface area contributed by atoms with E-state index in [2.05, 4.69) is 4.98 Å². The van der Waals surface area contributed by atoms with E-state index in [9.17, 15) is 17.2 Å². The van der Waals surface area contributed by atoms with Crippen LogP contribution in [0.3, 0.4) is 0 Å². The monoisotopic (exact) mass is 475 g/mol. The summed E-state index contributed by atoms with van der Waals surface area (Å²) in [6.07, 6.45) is 1.31. The predicted molar refractivity (Wildman–Crippen MR) is 96.7 cm³/mol. The molecule has 3 rings (SSSR count). The van der Waals surface area contributed by atoms with Crippen LogP contribution in [0, 0.1) is 18.8 Å². The van der Waals surface area contributed by atoms with E-state index in [0.717, 1.165) is 0 Å². The number of hydrogen-bond acceptors (Lipinski definition) is 4. The van der Waals surface area contributed by atoms with Crippen molar-refractivity contribution in [3.05, 3.63) is 91.7 Å². The first-order valence-corrected chi connectivity index (χ1v) is 11.5. The first kappa shape index (κ1) is 17.9. The summed E-state index contributed by atoms with van der Waals surface area (Å²) in [6.45, 7) is 0. The standard InChI is InChI=1S/C17H12F2INO3S/c18-13-7-1-3-9-15(13)20(16-10-4-2-8-14(16)19)24-25(22,23)17-11-5-6-12-21-17/h1-12H. The van der Waals surface area contributed by atoms with Crippen molar-refractivity contribution in [2.24, 2.45) is 0 Å². The molecule has 0 unspecified atom stereocenters. The molecule has 1 aromatic heterocycles. The van der Waals surface area contributed by atoms with E-state index >= 15 is 0 Å². The molecular formula is C17H12F2INO3S. The minimum atomic E-state index is -4.26. The number of hydrogen-bond donors (Lipinski definition) is 0. The zero-order valence-corrected chi connectivity index (χ0v) is 15.6. The van der Waals surface area contributed by atoms with Crippen molar-refractivity contribution < 1.29 is 19.7 Å². The maximum absolute atomic E-state index is 14.3. The summed E-state index contributed by atoms with van der Waals surface area (Å²) in [5, 5.41) is -0.301. The molecule has 25 heavy (non-hydrogen) atoms. The van der Waals surface area contributed by atoms with Gasteiger partial charge in [0.05, 0.1) is 0 Å². The molecular weight excluding hydrogens is 463 g/mol. The van der Waals surface area contributed by atoms with Crippen molar-refractivity contribution in [3.8, 4) is 0 Å². The average Bonchev–Trinajstić information content (AvgIpc) is 2.62. The Morgan fingerprint density at radius 1 is 0.800 bits per heavy atom. The van der Waals surface area contributed by atoms with Gasteiger partial charge in [-0.15, -0.1) is 0 Å². The van der Waals surface area contributed by atoms with Gasteiger partial charge in [0.25, 0.3) is 0 Å². The van der Waals surface area contributed by atoms with Gasteiger partial charge < -0.3 is 0 Å². The molecule has 0 N–H and O–H groups in total. The second-order valence-electron chi connectivity index (χ2n) is 4.76. The van der Waals surface area contributed by atoms with Crippen LogP contribution in [0.2, 0.25) is 0 Å². The fourth-order valence-electron chi connectivity index (χ4n) is 1.94. The van der Waals surface area contributed by atoms with Gasteiger partial charge in [-0.3, -0.25) is 0 Å². The molecule has 4 nitrogen and oxygen atoms in total. The van der Waals surface area contributed by atoms with Crippen molar-refractivity contribution in [2.75, 3.05) is 0 Å². The zero-order valence-electron chi connectivity index (χ0n) is 12.6. The summed E-state index contributed by atoms with van der Waals surface area (Å²) in [6, 6.07) is 15.6. The Morgan fingerprint density at radius 2 is 1.32 bits per heavy atom. The molecule has 0 aliphatic rings. The summed E-state index contributed by atoms with van der Waals surface area (Å²) >= 11 is -3.42. The van der Waals surface area contributed by atoms with Crippen LogP contribution < -0.4 is 0 Å². The van der Waals surface area contributed by atoms with E-state index in [1.165, 1.54) is 54.7 Å². The van der Waals surface area contributed by atoms with Crippen LogP contribution in [0.1, 0.15) is 0 Å². The van der Waals surface area contributed by atoms with Crippen molar-refractivity contribution in [1.82, 2.24) is 4.98 Å². The average molecular weight is 475 g/mol. The first-order chi connectivity index (χ1) is 12.0. The Kier molecular flexibility index (Phi) is 5.40. The number of pyridine rings is 1. The Labute approximate surface area is 151 Å². The van der Waals surface area contributed by atoms with Crippen LogP contribution in [0.5, 0.6) is 0 Å². The van der Waals surface area contributed by atoms with Gasteiger partial charge in [-0.1, -0.05) is 0 Å². The molecule has 0 atom stereocenters. The third kappa shape index (κ3) is 4.02. The van der Waals surface area contributed by atoms with Crippen LogP contribution in [-0.2, 0) is 12.6 Å². The number of halogens is 3. The molecule has 3 aromatic rings. The third-order valence-electron chi connectivity index (χ3n) is 3.06. The molecule has 0 saturated carbocycles. The summed E-state index contributed by atoms with van der Waals surface area (Å²) in [5.74, 6) is -1.26. The molecule has 0 saturated heterocycles. The van der Waals surface area contributed by atoms with Crippen LogP contribution >= 0.6 is 20.2 Å². The van der Waals surface area contributed by atoms with Crippen LogP contribution in [0.4, 0.5) is 8.78 Å². The molecule has 0 aliphatic carbocycles. The summed E-state index contributed by atoms with van der Waals surface area (Å²) in [4.78, 5) is 3.76. The Morgan fingerprint density at radius 3 is 1.80 bits per heavy atom. The molecule has 130 valence electrons. The van der Waals surface area contributed by atoms with E-state index in [-0.39, 0.29) is 12.2 Å². The van der Waals surface area contributed by atoms with Gasteiger partial charge in [-0.2, -0.15) is 0 Å². The van der Waals surface area contributed by atoms with Gasteiger partial charge in [-0.05, 0) is 0 Å². The summed E-state index contributed by atoms with van der Waals surface area (Å²) < 4.78 is 59.0. The molecule has 0 radical (unpaired) electrons. The van der Waals surface area contributed by atoms with Crippen molar-refractivity contribution in [2.45, 2.75) is 5.03 Å². The Bertz CT molecular complexity index is 938. The van der Waals surface area contributed by atoms with E-state index < -0.39 is 42.0 Å². The van der Waals surface area contributed by atoms with Gasteiger partial charge in [0.1, 0.15) is 0 Å². The normalized spacial score (nSPS) is 12.0. The van der Waals surface area contributed by atoms with Gasteiger partial charge >= 0.3 is 152 Å². The number of benzene rings is 2. The SMILES string of the molecule is O=S(=O)(OI(c1ccccc1F)c1ccccc1F)c1ccccn1. The van der Waals surface area contributed by atoms with E-state index in [1.54, 1.807) is 18.2 Å².